The number of nitrogens with one attached hydrogen (secondary N) is 3. The highest BCUT2D eigenvalue weighted by Gasteiger charge is 2.31. The second-order valence-electron chi connectivity index (χ2n) is 6.77. The standard InChI is InChI=1S/C21H27N3O2S/c1-16(22-21(27)23-18-8-10-19(25-2)11-9-18)20(17-6-4-3-5-7-17)24-12-14-26-15-13-24/h3-11,16,20H,12-15H2,1-2H3,(H2,22,23,27)/p+1/t16-,20+/m0/s1. The zero-order valence-electron chi connectivity index (χ0n) is 15.9. The van der Waals surface area contributed by atoms with Gasteiger partial charge in [0.25, 0.3) is 0 Å². The Kier molecular flexibility index (Phi) is 7.04. The van der Waals surface area contributed by atoms with Gasteiger partial charge in [-0.25, -0.2) is 0 Å². The average Bonchev–Trinajstić information content (AvgIpc) is 2.70. The zero-order chi connectivity index (χ0) is 19.1. The topological polar surface area (TPSA) is 47.0 Å². The summed E-state index contributed by atoms with van der Waals surface area (Å²) in [5, 5.41) is 7.37. The van der Waals surface area contributed by atoms with Gasteiger partial charge in [-0.2, -0.15) is 0 Å². The van der Waals surface area contributed by atoms with E-state index in [0.29, 0.717) is 11.2 Å². The maximum atomic E-state index is 5.56. The molecule has 1 heterocycles. The number of thiocarbonyl (C=S) groups is 1. The molecule has 0 aromatic heterocycles. The largest absolute Gasteiger partial charge is 0.497 e. The summed E-state index contributed by atoms with van der Waals surface area (Å²) in [7, 11) is 1.66. The van der Waals surface area contributed by atoms with E-state index in [2.05, 4.69) is 47.9 Å². The van der Waals surface area contributed by atoms with Crippen molar-refractivity contribution in [2.75, 3.05) is 38.7 Å². The molecule has 5 nitrogen and oxygen atoms in total. The van der Waals surface area contributed by atoms with Crippen LogP contribution in [0.3, 0.4) is 0 Å². The van der Waals surface area contributed by atoms with E-state index in [0.717, 1.165) is 37.7 Å². The molecule has 3 rings (SSSR count). The number of quaternary nitrogens is 1. The molecule has 0 aliphatic carbocycles. The van der Waals surface area contributed by atoms with Crippen molar-refractivity contribution in [2.24, 2.45) is 0 Å². The summed E-state index contributed by atoms with van der Waals surface area (Å²) < 4.78 is 10.8. The fourth-order valence-electron chi connectivity index (χ4n) is 3.61. The van der Waals surface area contributed by atoms with E-state index in [-0.39, 0.29) is 6.04 Å². The van der Waals surface area contributed by atoms with Gasteiger partial charge in [0.1, 0.15) is 24.9 Å². The lowest BCUT2D eigenvalue weighted by atomic mass is 9.98. The van der Waals surface area contributed by atoms with E-state index < -0.39 is 0 Å². The normalized spacial score (nSPS) is 17.0. The van der Waals surface area contributed by atoms with Gasteiger partial charge in [-0.1, -0.05) is 30.3 Å². The number of anilines is 1. The molecule has 1 aliphatic rings. The highest BCUT2D eigenvalue weighted by molar-refractivity contribution is 7.80. The Hall–Kier alpha value is -2.15. The van der Waals surface area contributed by atoms with Crippen molar-refractivity contribution in [3.63, 3.8) is 0 Å². The third-order valence-electron chi connectivity index (χ3n) is 4.94. The van der Waals surface area contributed by atoms with E-state index in [4.69, 9.17) is 21.7 Å². The molecule has 2 aromatic rings. The minimum atomic E-state index is 0.179. The molecule has 2 aromatic carbocycles. The van der Waals surface area contributed by atoms with E-state index in [1.54, 1.807) is 7.11 Å². The smallest absolute Gasteiger partial charge is 0.171 e. The van der Waals surface area contributed by atoms with Gasteiger partial charge in [0.05, 0.1) is 26.4 Å². The van der Waals surface area contributed by atoms with Crippen LogP contribution in [0, 0.1) is 0 Å². The molecule has 0 saturated carbocycles. The Labute approximate surface area is 166 Å². The summed E-state index contributed by atoms with van der Waals surface area (Å²) in [6.45, 7) is 5.82. The fraction of sp³-hybridized carbons (Fsp3) is 0.381. The molecule has 0 unspecified atom stereocenters. The molecule has 144 valence electrons. The monoisotopic (exact) mass is 386 g/mol. The summed E-state index contributed by atoms with van der Waals surface area (Å²) in [6, 6.07) is 18.9. The molecule has 0 radical (unpaired) electrons. The predicted molar refractivity (Wildman–Crippen MR) is 113 cm³/mol. The molecular formula is C21H28N3O2S+. The van der Waals surface area contributed by atoms with E-state index in [1.165, 1.54) is 10.5 Å². The van der Waals surface area contributed by atoms with Crippen LogP contribution in [0.5, 0.6) is 5.75 Å². The Morgan fingerprint density at radius 1 is 1.07 bits per heavy atom. The SMILES string of the molecule is COc1ccc(NC(=S)N[C@@H](C)[C@H](c2ccccc2)[NH+]2CCOCC2)cc1. The Morgan fingerprint density at radius 3 is 2.37 bits per heavy atom. The van der Waals surface area contributed by atoms with Gasteiger partial charge in [0, 0.05) is 11.3 Å². The summed E-state index contributed by atoms with van der Waals surface area (Å²) in [5.74, 6) is 0.827. The molecule has 1 aliphatic heterocycles. The van der Waals surface area contributed by atoms with Crippen molar-refractivity contribution in [1.29, 1.82) is 0 Å². The van der Waals surface area contributed by atoms with E-state index >= 15 is 0 Å². The van der Waals surface area contributed by atoms with Gasteiger partial charge in [0.15, 0.2) is 5.11 Å². The van der Waals surface area contributed by atoms with Crippen LogP contribution in [0.15, 0.2) is 54.6 Å². The molecule has 1 fully saturated rings. The van der Waals surface area contributed by atoms with Gasteiger partial charge in [-0.3, -0.25) is 0 Å². The Bertz CT molecular complexity index is 718. The number of methoxy groups -OCH3 is 1. The Morgan fingerprint density at radius 2 is 1.74 bits per heavy atom. The minimum absolute atomic E-state index is 0.179. The second kappa shape index (κ2) is 9.69. The highest BCUT2D eigenvalue weighted by Crippen LogP contribution is 2.16. The molecule has 1 saturated heterocycles. The lowest BCUT2D eigenvalue weighted by Gasteiger charge is -2.35. The van der Waals surface area contributed by atoms with Crippen molar-refractivity contribution >= 4 is 23.0 Å². The third-order valence-corrected chi connectivity index (χ3v) is 5.16. The molecule has 0 amide bonds. The van der Waals surface area contributed by atoms with Crippen LogP contribution in [0.25, 0.3) is 0 Å². The van der Waals surface area contributed by atoms with Crippen LogP contribution >= 0.6 is 12.2 Å². The molecule has 6 heteroatoms. The van der Waals surface area contributed by atoms with Crippen molar-refractivity contribution in [1.82, 2.24) is 5.32 Å². The minimum Gasteiger partial charge on any atom is -0.497 e. The molecular weight excluding hydrogens is 358 g/mol. The molecule has 2 atom stereocenters. The van der Waals surface area contributed by atoms with Gasteiger partial charge < -0.3 is 25.0 Å². The van der Waals surface area contributed by atoms with Crippen LogP contribution in [0.1, 0.15) is 18.5 Å². The van der Waals surface area contributed by atoms with Gasteiger partial charge in [-0.15, -0.1) is 0 Å². The summed E-state index contributed by atoms with van der Waals surface area (Å²) in [6.07, 6.45) is 0. The summed E-state index contributed by atoms with van der Waals surface area (Å²) in [4.78, 5) is 1.53. The molecule has 0 bridgehead atoms. The van der Waals surface area contributed by atoms with Crippen molar-refractivity contribution in [3.05, 3.63) is 60.2 Å². The molecule has 27 heavy (non-hydrogen) atoms. The Balaban J connectivity index is 1.67. The predicted octanol–water partition coefficient (Wildman–Crippen LogP) is 2.03. The first kappa shape index (κ1) is 19.6. The number of ether oxygens (including phenoxy) is 2. The van der Waals surface area contributed by atoms with Crippen LogP contribution in [0.2, 0.25) is 0 Å². The molecule has 0 spiro atoms. The number of morpholine rings is 1. The van der Waals surface area contributed by atoms with Crippen LogP contribution in [0.4, 0.5) is 5.69 Å². The quantitative estimate of drug-likeness (QED) is 0.663. The average molecular weight is 387 g/mol. The van der Waals surface area contributed by atoms with Crippen LogP contribution in [-0.2, 0) is 4.74 Å². The number of benzene rings is 2. The zero-order valence-corrected chi connectivity index (χ0v) is 16.7. The highest BCUT2D eigenvalue weighted by atomic mass is 32.1. The number of hydrogen-bond acceptors (Lipinski definition) is 3. The summed E-state index contributed by atoms with van der Waals surface area (Å²) in [5.41, 5.74) is 2.26. The summed E-state index contributed by atoms with van der Waals surface area (Å²) >= 11 is 5.56. The first-order chi connectivity index (χ1) is 13.2. The first-order valence-corrected chi connectivity index (χ1v) is 9.77. The van der Waals surface area contributed by atoms with Crippen LogP contribution < -0.4 is 20.3 Å². The van der Waals surface area contributed by atoms with Crippen LogP contribution in [-0.4, -0.2) is 44.6 Å². The lowest BCUT2D eigenvalue weighted by molar-refractivity contribution is -0.940. The van der Waals surface area contributed by atoms with Gasteiger partial charge in [-0.05, 0) is 43.4 Å². The second-order valence-corrected chi connectivity index (χ2v) is 7.18. The van der Waals surface area contributed by atoms with Crippen molar-refractivity contribution < 1.29 is 14.4 Å². The maximum Gasteiger partial charge on any atom is 0.171 e. The maximum absolute atomic E-state index is 5.56. The van der Waals surface area contributed by atoms with Gasteiger partial charge in [0.2, 0.25) is 0 Å². The third kappa shape index (κ3) is 5.42. The lowest BCUT2D eigenvalue weighted by Crippen LogP contribution is -3.15. The van der Waals surface area contributed by atoms with E-state index in [1.807, 2.05) is 24.3 Å². The van der Waals surface area contributed by atoms with Crippen molar-refractivity contribution in [3.8, 4) is 5.75 Å². The first-order valence-electron chi connectivity index (χ1n) is 9.36. The van der Waals surface area contributed by atoms with Gasteiger partial charge >= 0.3 is 0 Å². The fourth-order valence-corrected chi connectivity index (χ4v) is 3.92. The van der Waals surface area contributed by atoms with Crippen molar-refractivity contribution in [2.45, 2.75) is 19.0 Å². The van der Waals surface area contributed by atoms with E-state index in [9.17, 15) is 0 Å². The number of hydrogen-bond donors (Lipinski definition) is 3. The molecule has 3 N–H and O–H groups in total. The number of rotatable bonds is 6.